The molecule has 2 N–H and O–H groups in total. The third-order valence-electron chi connectivity index (χ3n) is 9.70. The van der Waals surface area contributed by atoms with Crippen LogP contribution in [0.1, 0.15) is 98.3 Å². The van der Waals surface area contributed by atoms with E-state index in [1.807, 2.05) is 6.08 Å². The molecule has 0 spiro atoms. The summed E-state index contributed by atoms with van der Waals surface area (Å²) < 4.78 is 5.52. The molecular formula is C26H44O3. The van der Waals surface area contributed by atoms with Crippen LogP contribution in [0.2, 0.25) is 0 Å². The molecule has 1 heterocycles. The van der Waals surface area contributed by atoms with Gasteiger partial charge in [-0.05, 0) is 111 Å². The van der Waals surface area contributed by atoms with Gasteiger partial charge < -0.3 is 14.9 Å². The third kappa shape index (κ3) is 4.08. The topological polar surface area (TPSA) is 49.7 Å². The lowest BCUT2D eigenvalue weighted by Gasteiger charge is -2.60. The lowest BCUT2D eigenvalue weighted by Crippen LogP contribution is -2.56. The SMILES string of the molecule is CCC(CCC1(O)CCCC2C1CCC1CC(C)CCC12C)C1=C[C@](C)(O)OC1. The fourth-order valence-corrected chi connectivity index (χ4v) is 7.88. The summed E-state index contributed by atoms with van der Waals surface area (Å²) in [6, 6.07) is 0. The maximum absolute atomic E-state index is 11.9. The van der Waals surface area contributed by atoms with Crippen molar-refractivity contribution in [1.82, 2.24) is 0 Å². The average molecular weight is 405 g/mol. The number of hydrogen-bond acceptors (Lipinski definition) is 3. The second kappa shape index (κ2) is 7.95. The monoisotopic (exact) mass is 404 g/mol. The zero-order valence-electron chi connectivity index (χ0n) is 19.3. The molecule has 0 amide bonds. The minimum Gasteiger partial charge on any atom is -0.390 e. The van der Waals surface area contributed by atoms with Gasteiger partial charge in [0.2, 0.25) is 0 Å². The molecule has 0 radical (unpaired) electrons. The maximum atomic E-state index is 11.9. The molecule has 3 heteroatoms. The van der Waals surface area contributed by atoms with Crippen LogP contribution in [0.15, 0.2) is 11.6 Å². The van der Waals surface area contributed by atoms with E-state index in [1.165, 1.54) is 50.5 Å². The van der Waals surface area contributed by atoms with Crippen LogP contribution in [0.5, 0.6) is 0 Å². The van der Waals surface area contributed by atoms with E-state index in [2.05, 4.69) is 20.8 Å². The molecule has 8 atom stereocenters. The Bertz CT molecular complexity index is 625. The molecule has 29 heavy (non-hydrogen) atoms. The largest absolute Gasteiger partial charge is 0.390 e. The predicted molar refractivity (Wildman–Crippen MR) is 117 cm³/mol. The number of fused-ring (bicyclic) bond motifs is 3. The van der Waals surface area contributed by atoms with Gasteiger partial charge in [-0.25, -0.2) is 0 Å². The van der Waals surface area contributed by atoms with Crippen molar-refractivity contribution in [3.8, 4) is 0 Å². The van der Waals surface area contributed by atoms with E-state index >= 15 is 0 Å². The molecule has 0 aromatic rings. The molecule has 3 fully saturated rings. The Morgan fingerprint density at radius 2 is 1.90 bits per heavy atom. The fraction of sp³-hybridized carbons (Fsp3) is 0.923. The summed E-state index contributed by atoms with van der Waals surface area (Å²) in [5.41, 5.74) is 1.19. The molecule has 1 aliphatic heterocycles. The van der Waals surface area contributed by atoms with Crippen LogP contribution in [-0.4, -0.2) is 28.2 Å². The first kappa shape index (κ1) is 21.8. The lowest BCUT2D eigenvalue weighted by molar-refractivity contribution is -0.159. The summed E-state index contributed by atoms with van der Waals surface area (Å²) >= 11 is 0. The van der Waals surface area contributed by atoms with Gasteiger partial charge in [0.05, 0.1) is 12.2 Å². The highest BCUT2D eigenvalue weighted by molar-refractivity contribution is 5.17. The van der Waals surface area contributed by atoms with Gasteiger partial charge in [0.25, 0.3) is 0 Å². The van der Waals surface area contributed by atoms with Crippen LogP contribution in [0.3, 0.4) is 0 Å². The summed E-state index contributed by atoms with van der Waals surface area (Å²) in [5.74, 6) is 2.26. The van der Waals surface area contributed by atoms with Crippen molar-refractivity contribution in [2.24, 2.45) is 35.0 Å². The lowest BCUT2D eigenvalue weighted by atomic mass is 9.46. The van der Waals surface area contributed by atoms with Crippen LogP contribution < -0.4 is 0 Å². The molecular weight excluding hydrogens is 360 g/mol. The number of rotatable bonds is 5. The van der Waals surface area contributed by atoms with Crippen LogP contribution in [0, 0.1) is 35.0 Å². The van der Waals surface area contributed by atoms with E-state index in [1.54, 1.807) is 6.92 Å². The van der Waals surface area contributed by atoms with Crippen molar-refractivity contribution in [3.05, 3.63) is 11.6 Å². The van der Waals surface area contributed by atoms with Gasteiger partial charge in [-0.15, -0.1) is 0 Å². The second-order valence-electron chi connectivity index (χ2n) is 11.6. The summed E-state index contributed by atoms with van der Waals surface area (Å²) in [6.07, 6.45) is 15.1. The number of aliphatic hydroxyl groups is 2. The van der Waals surface area contributed by atoms with E-state index in [-0.39, 0.29) is 0 Å². The molecule has 0 aromatic carbocycles. The highest BCUT2D eigenvalue weighted by atomic mass is 16.6. The number of ether oxygens (including phenoxy) is 1. The zero-order valence-corrected chi connectivity index (χ0v) is 19.3. The molecule has 0 aromatic heterocycles. The molecule has 3 aliphatic carbocycles. The van der Waals surface area contributed by atoms with Crippen molar-refractivity contribution in [3.63, 3.8) is 0 Å². The predicted octanol–water partition coefficient (Wildman–Crippen LogP) is 5.84. The molecule has 166 valence electrons. The van der Waals surface area contributed by atoms with Gasteiger partial charge in [-0.3, -0.25) is 0 Å². The molecule has 0 saturated heterocycles. The van der Waals surface area contributed by atoms with E-state index in [9.17, 15) is 10.2 Å². The van der Waals surface area contributed by atoms with Crippen LogP contribution in [-0.2, 0) is 4.74 Å². The standard InChI is InChI=1S/C26H44O3/c1-5-19(20-16-25(4,27)29-17-20)11-14-26(28)12-6-7-22-23(26)9-8-21-15-18(2)10-13-24(21,22)3/h16,18-19,21-23,27-28H,5-15,17H2,1-4H3/t18?,19?,21?,22?,23?,24?,25-,26?/m1/s1. The minimum absolute atomic E-state index is 0.413. The Kier molecular flexibility index (Phi) is 5.99. The quantitative estimate of drug-likeness (QED) is 0.566. The molecule has 7 unspecified atom stereocenters. The van der Waals surface area contributed by atoms with Crippen molar-refractivity contribution in [2.45, 2.75) is 110 Å². The molecule has 3 saturated carbocycles. The summed E-state index contributed by atoms with van der Waals surface area (Å²) in [4.78, 5) is 0. The summed E-state index contributed by atoms with van der Waals surface area (Å²) in [6.45, 7) is 9.49. The van der Waals surface area contributed by atoms with E-state index in [4.69, 9.17) is 4.74 Å². The molecule has 4 aliphatic rings. The molecule has 4 rings (SSSR count). The van der Waals surface area contributed by atoms with Crippen LogP contribution in [0.25, 0.3) is 0 Å². The maximum Gasteiger partial charge on any atom is 0.183 e. The first-order chi connectivity index (χ1) is 13.7. The molecule has 3 nitrogen and oxygen atoms in total. The zero-order chi connectivity index (χ0) is 20.9. The Morgan fingerprint density at radius 3 is 2.59 bits per heavy atom. The normalized spacial score (nSPS) is 48.6. The van der Waals surface area contributed by atoms with Gasteiger partial charge >= 0.3 is 0 Å². The van der Waals surface area contributed by atoms with Crippen LogP contribution in [0.4, 0.5) is 0 Å². The first-order valence-corrected chi connectivity index (χ1v) is 12.5. The Balaban J connectivity index is 1.46. The molecule has 0 bridgehead atoms. The fourth-order valence-electron chi connectivity index (χ4n) is 7.88. The first-order valence-electron chi connectivity index (χ1n) is 12.5. The van der Waals surface area contributed by atoms with E-state index < -0.39 is 11.4 Å². The average Bonchev–Trinajstić information content (AvgIpc) is 3.03. The van der Waals surface area contributed by atoms with Crippen molar-refractivity contribution in [2.75, 3.05) is 6.61 Å². The van der Waals surface area contributed by atoms with Crippen molar-refractivity contribution in [1.29, 1.82) is 0 Å². The van der Waals surface area contributed by atoms with Gasteiger partial charge in [0.15, 0.2) is 5.79 Å². The van der Waals surface area contributed by atoms with Crippen molar-refractivity contribution < 1.29 is 14.9 Å². The second-order valence-corrected chi connectivity index (χ2v) is 11.6. The van der Waals surface area contributed by atoms with Gasteiger partial charge in [0.1, 0.15) is 0 Å². The van der Waals surface area contributed by atoms with E-state index in [0.29, 0.717) is 29.8 Å². The highest BCUT2D eigenvalue weighted by Crippen LogP contribution is 2.62. The third-order valence-corrected chi connectivity index (χ3v) is 9.70. The Hall–Kier alpha value is -0.380. The Morgan fingerprint density at radius 1 is 1.10 bits per heavy atom. The van der Waals surface area contributed by atoms with Gasteiger partial charge in [-0.2, -0.15) is 0 Å². The smallest absolute Gasteiger partial charge is 0.183 e. The summed E-state index contributed by atoms with van der Waals surface area (Å²) in [7, 11) is 0. The summed E-state index contributed by atoms with van der Waals surface area (Å²) in [5, 5.41) is 22.1. The Labute approximate surface area is 178 Å². The van der Waals surface area contributed by atoms with E-state index in [0.717, 1.165) is 37.5 Å². The minimum atomic E-state index is -1.11. The van der Waals surface area contributed by atoms with Gasteiger partial charge in [-0.1, -0.05) is 33.6 Å². The number of hydrogen-bond donors (Lipinski definition) is 2. The van der Waals surface area contributed by atoms with Crippen molar-refractivity contribution >= 4 is 0 Å². The van der Waals surface area contributed by atoms with Crippen LogP contribution >= 0.6 is 0 Å². The van der Waals surface area contributed by atoms with Gasteiger partial charge in [0, 0.05) is 0 Å². The highest BCUT2D eigenvalue weighted by Gasteiger charge is 2.56.